The van der Waals surface area contributed by atoms with Gasteiger partial charge in [-0.3, -0.25) is 14.4 Å². The Labute approximate surface area is 836 Å². The molecule has 0 aliphatic rings. The van der Waals surface area contributed by atoms with Crippen LogP contribution in [0.2, 0.25) is 0 Å². The minimum Gasteiger partial charge on any atom is -0.464 e. The second-order valence-electron chi connectivity index (χ2n) is 33.0. The van der Waals surface area contributed by atoms with Gasteiger partial charge in [0.05, 0.1) is 63.7 Å². The quantitative estimate of drug-likeness (QED) is 0.0187. The molecule has 0 heterocycles. The van der Waals surface area contributed by atoms with Crippen LogP contribution in [-0.4, -0.2) is 193 Å². The summed E-state index contributed by atoms with van der Waals surface area (Å²) >= 11 is 21.2. The summed E-state index contributed by atoms with van der Waals surface area (Å²) < 4.78 is 557. The van der Waals surface area contributed by atoms with E-state index in [0.717, 1.165) is 165 Å². The summed E-state index contributed by atoms with van der Waals surface area (Å²) in [5.74, 6) is -122. The second-order valence-corrected chi connectivity index (χ2v) is 44.4. The molecule has 0 amide bonds. The average molecular weight is 2310 g/mol. The number of esters is 3. The molecule has 0 bridgehead atoms. The van der Waals surface area contributed by atoms with Gasteiger partial charge in [-0.1, -0.05) is 266 Å². The van der Waals surface area contributed by atoms with Gasteiger partial charge in [0, 0.05) is 19.3 Å². The highest BCUT2D eigenvalue weighted by Gasteiger charge is 2.92. The molecule has 142 heavy (non-hydrogen) atoms. The Balaban J connectivity index is -0.00000207. The lowest BCUT2D eigenvalue weighted by atomic mass is 9.88. The van der Waals surface area contributed by atoms with Crippen molar-refractivity contribution in [2.75, 3.05) is 37.1 Å². The van der Waals surface area contributed by atoms with Crippen LogP contribution in [-0.2, 0) is 28.6 Å². The van der Waals surface area contributed by atoms with E-state index in [0.29, 0.717) is 47.2 Å². The molecule has 0 saturated carbocycles. The first-order valence-corrected chi connectivity index (χ1v) is 50.5. The van der Waals surface area contributed by atoms with E-state index in [1.165, 1.54) is 89.3 Å². The van der Waals surface area contributed by atoms with Gasteiger partial charge in [0.1, 0.15) is 24.8 Å². The largest absolute Gasteiger partial charge is 0.464 e. The van der Waals surface area contributed by atoms with Gasteiger partial charge in [-0.15, -0.1) is 35.3 Å². The number of alkyl halides is 41. The summed E-state index contributed by atoms with van der Waals surface area (Å²) in [6, 6.07) is 5.14. The molecular formula is C83H110F41N3O6S9. The van der Waals surface area contributed by atoms with E-state index in [2.05, 4.69) is 35.0 Å². The summed E-state index contributed by atoms with van der Waals surface area (Å²) in [7, 11) is 0. The molecule has 59 heteroatoms. The van der Waals surface area contributed by atoms with E-state index in [1.54, 1.807) is 18.2 Å². The molecule has 0 radical (unpaired) electrons. The molecule has 0 aromatic carbocycles. The van der Waals surface area contributed by atoms with Gasteiger partial charge in [-0.05, 0) is 76.6 Å². The Morgan fingerprint density at radius 3 is 0.599 bits per heavy atom. The average Bonchev–Trinajstić information content (AvgIpc) is 0.598. The lowest BCUT2D eigenvalue weighted by molar-refractivity contribution is -0.440. The number of carbonyl (C=O) groups is 3. The normalized spacial score (nSPS) is 15.0. The topological polar surface area (TPSA) is 150 Å². The lowest BCUT2D eigenvalue weighted by Gasteiger charge is -2.41. The first kappa shape index (κ1) is 142. The monoisotopic (exact) mass is 2310 g/mol. The number of thiocarbonyl (C=S) groups is 3. The Kier molecular flexibility index (Phi) is 61.4. The van der Waals surface area contributed by atoms with Crippen LogP contribution in [0.3, 0.4) is 0 Å². The summed E-state index contributed by atoms with van der Waals surface area (Å²) in [6.45, 7) is 4.42. The predicted molar refractivity (Wildman–Crippen MR) is 472 cm³/mol. The van der Waals surface area contributed by atoms with E-state index >= 15 is 0 Å². The Morgan fingerprint density at radius 2 is 0.401 bits per heavy atom. The van der Waals surface area contributed by atoms with Crippen LogP contribution >= 0.6 is 107 Å². The minimum absolute atomic E-state index is 0.0587. The Bertz CT molecular complexity index is 3890. The third-order valence-corrected chi connectivity index (χ3v) is 29.8. The van der Waals surface area contributed by atoms with Crippen molar-refractivity contribution in [3.8, 4) is 18.2 Å². The van der Waals surface area contributed by atoms with E-state index in [4.69, 9.17) is 52.4 Å². The van der Waals surface area contributed by atoms with Gasteiger partial charge in [0.15, 0.2) is 0 Å². The maximum Gasteiger partial charge on any atom is 0.460 e. The van der Waals surface area contributed by atoms with E-state index in [9.17, 15) is 194 Å². The molecule has 0 fully saturated rings. The fourth-order valence-electron chi connectivity index (χ4n) is 11.9. The molecule has 9 nitrogen and oxygen atoms in total. The van der Waals surface area contributed by atoms with Crippen LogP contribution in [0, 0.1) is 34.0 Å². The molecule has 0 aromatic rings. The number of carbonyl (C=O) groups excluding carboxylic acids is 3. The lowest BCUT2D eigenvalue weighted by Crippen LogP contribution is -2.70. The number of hydrogen-bond acceptors (Lipinski definition) is 18. The molecule has 0 spiro atoms. The van der Waals surface area contributed by atoms with Gasteiger partial charge < -0.3 is 14.2 Å². The standard InChI is InChI=1S/C31H38F19NO2S3.C27H36F13NO2S3.C25H36F9NO2S3/c1-3-4-5-6-7-8-9-10-11-12-18-55-21(54)56-22(2,14-13-16-51)20(52)53-17-15-23(32,33)26(38,39)29(44,45)27(40,41)24(34,35)19-25(36,37)28(42,43)30(46,47)31(48,49)50;1-3-4-5-6-7-8-9-10-11-12-18-45-20(44)46-21(2,14-13-16-41)19(42)43-17-15-22(28,29)23(30,31)24(32,33)25(34,35)26(36,37)27(38,39)40;1-3-4-5-6-7-8-9-10-11-12-18-39-20(38)40-21(2,14-13-16-35)19(36)37-17-15-22(26,27)23(28,29)24(30,31)25(32,33)34/h3-15,17-19H2,1-2H3;3-15,17-18H2,1-2H3;3-15,17-18H2,1-2H3. The predicted octanol–water partition coefficient (Wildman–Crippen LogP) is 35.2. The van der Waals surface area contributed by atoms with Crippen LogP contribution in [0.25, 0.3) is 0 Å². The van der Waals surface area contributed by atoms with Crippen molar-refractivity contribution in [2.45, 2.75) is 426 Å². The van der Waals surface area contributed by atoms with E-state index in [1.807, 2.05) is 0 Å². The number of halogens is 41. The SMILES string of the molecule is CCCCCCCCCCCCSC(=S)SC(C)(CCC#N)C(=O)OCCC(F)(F)C(F)(F)C(F)(F)C(F)(F)C(F)(F)C(F)(F)F.CCCCCCCCCCCCSC(=S)SC(C)(CCC#N)C(=O)OCCC(F)(F)C(F)(F)C(F)(F)C(F)(F)C(F)(F)CC(F)(F)C(F)(F)C(F)(F)C(F)(F)F.CCCCCCCCCCCCSC(=S)SC(C)(CCC#N)C(=O)OCCC(F)(F)C(F)(F)C(F)(F)C(F)(F)F. The Morgan fingerprint density at radius 1 is 0.239 bits per heavy atom. The minimum atomic E-state index is -8.27. The van der Waals surface area contributed by atoms with Crippen molar-refractivity contribution in [3.63, 3.8) is 0 Å². The molecule has 0 N–H and O–H groups in total. The number of unbranched alkanes of at least 4 members (excludes halogenated alkanes) is 27. The zero-order valence-corrected chi connectivity index (χ0v) is 84.3. The third-order valence-electron chi connectivity index (χ3n) is 21.0. The number of nitriles is 3. The molecule has 0 aromatic heterocycles. The molecule has 0 saturated heterocycles. The Hall–Kier alpha value is -3.62. The third kappa shape index (κ3) is 41.5. The van der Waals surface area contributed by atoms with Crippen LogP contribution < -0.4 is 0 Å². The zero-order chi connectivity index (χ0) is 111. The molecule has 0 rings (SSSR count). The van der Waals surface area contributed by atoms with Crippen molar-refractivity contribution in [1.82, 2.24) is 0 Å². The van der Waals surface area contributed by atoms with Crippen LogP contribution in [0.15, 0.2) is 0 Å². The number of nitrogens with zero attached hydrogens (tertiary/aromatic N) is 3. The second kappa shape index (κ2) is 61.2. The first-order valence-electron chi connectivity index (χ1n) is 43.8. The van der Waals surface area contributed by atoms with E-state index in [-0.39, 0.29) is 36.3 Å². The van der Waals surface area contributed by atoms with Crippen molar-refractivity contribution in [2.24, 2.45) is 0 Å². The van der Waals surface area contributed by atoms with Crippen molar-refractivity contribution < 1.29 is 209 Å². The fourth-order valence-corrected chi connectivity index (χ4v) is 21.1. The smallest absolute Gasteiger partial charge is 0.460 e. The number of ether oxygens (including phenoxy) is 3. The van der Waals surface area contributed by atoms with Crippen LogP contribution in [0.1, 0.15) is 298 Å². The van der Waals surface area contributed by atoms with Gasteiger partial charge in [-0.2, -0.15) is 196 Å². The molecule has 834 valence electrons. The summed E-state index contributed by atoms with van der Waals surface area (Å²) in [6.07, 6.45) is -4.47. The van der Waals surface area contributed by atoms with Crippen LogP contribution in [0.4, 0.5) is 180 Å². The maximum atomic E-state index is 14.4. The van der Waals surface area contributed by atoms with Crippen LogP contribution in [0.5, 0.6) is 0 Å². The summed E-state index contributed by atoms with van der Waals surface area (Å²) in [5.41, 5.74) is 0. The molecule has 3 unspecified atom stereocenters. The number of rotatable bonds is 68. The van der Waals surface area contributed by atoms with Gasteiger partial charge in [-0.25, -0.2) is 0 Å². The maximum absolute atomic E-state index is 14.4. The number of hydrogen-bond donors (Lipinski definition) is 0. The van der Waals surface area contributed by atoms with Crippen molar-refractivity contribution in [3.05, 3.63) is 0 Å². The highest BCUT2D eigenvalue weighted by molar-refractivity contribution is 8.48. The van der Waals surface area contributed by atoms with Gasteiger partial charge in [0.25, 0.3) is 0 Å². The summed E-state index contributed by atoms with van der Waals surface area (Å²) in [5, 5.41) is 26.7. The highest BCUT2D eigenvalue weighted by atomic mass is 32.2. The zero-order valence-electron chi connectivity index (χ0n) is 77.0. The van der Waals surface area contributed by atoms with Gasteiger partial charge in [0.2, 0.25) is 0 Å². The van der Waals surface area contributed by atoms with Crippen molar-refractivity contribution >= 4 is 136 Å². The first-order chi connectivity index (χ1) is 64.4. The van der Waals surface area contributed by atoms with Crippen molar-refractivity contribution in [1.29, 1.82) is 15.8 Å². The number of thioether (sulfide) groups is 6. The molecular weight excluding hydrogens is 2200 g/mol. The summed E-state index contributed by atoms with van der Waals surface area (Å²) in [4.78, 5) is 38.0. The molecule has 0 aliphatic carbocycles. The van der Waals surface area contributed by atoms with E-state index < -0.39 is 204 Å². The fraction of sp³-hybridized carbons (Fsp3) is 0.892. The molecule has 3 atom stereocenters. The highest BCUT2D eigenvalue weighted by Crippen LogP contribution is 2.65. The molecule has 0 aliphatic heterocycles. The van der Waals surface area contributed by atoms with Gasteiger partial charge >= 0.3 is 131 Å².